The molecule has 0 atom stereocenters. The van der Waals surface area contributed by atoms with Crippen LogP contribution in [0.3, 0.4) is 0 Å². The number of hydrogen-bond donors (Lipinski definition) is 0. The highest BCUT2D eigenvalue weighted by Crippen LogP contribution is 2.38. The van der Waals surface area contributed by atoms with Gasteiger partial charge in [-0.2, -0.15) is 0 Å². The van der Waals surface area contributed by atoms with Gasteiger partial charge in [0.2, 0.25) is 5.75 Å². The Morgan fingerprint density at radius 3 is 2.17 bits per heavy atom. The van der Waals surface area contributed by atoms with E-state index < -0.39 is 0 Å². The van der Waals surface area contributed by atoms with Gasteiger partial charge >= 0.3 is 0 Å². The molecule has 24 heavy (non-hydrogen) atoms. The normalized spacial score (nSPS) is 11.0. The van der Waals surface area contributed by atoms with Gasteiger partial charge in [-0.3, -0.25) is 0 Å². The van der Waals surface area contributed by atoms with Crippen LogP contribution in [0.2, 0.25) is 0 Å². The first kappa shape index (κ1) is 15.9. The molecule has 0 aliphatic rings. The van der Waals surface area contributed by atoms with E-state index in [1.165, 1.54) is 0 Å². The molecular formula is C20H19NO3. The fraction of sp³-hybridized carbons (Fsp3) is 0.150. The second-order valence-electron chi connectivity index (χ2n) is 5.22. The average Bonchev–Trinajstić information content (AvgIpc) is 2.65. The van der Waals surface area contributed by atoms with Crippen molar-refractivity contribution in [1.82, 2.24) is 4.98 Å². The largest absolute Gasteiger partial charge is 0.493 e. The van der Waals surface area contributed by atoms with Crippen molar-refractivity contribution < 1.29 is 14.2 Å². The number of pyridine rings is 1. The summed E-state index contributed by atoms with van der Waals surface area (Å²) in [6.07, 6.45) is 3.94. The monoisotopic (exact) mass is 321 g/mol. The predicted molar refractivity (Wildman–Crippen MR) is 96.8 cm³/mol. The van der Waals surface area contributed by atoms with Crippen molar-refractivity contribution in [2.75, 3.05) is 21.3 Å². The van der Waals surface area contributed by atoms with Crippen molar-refractivity contribution in [3.05, 3.63) is 59.8 Å². The van der Waals surface area contributed by atoms with Crippen molar-refractivity contribution in [3.63, 3.8) is 0 Å². The number of rotatable bonds is 5. The van der Waals surface area contributed by atoms with Crippen molar-refractivity contribution in [1.29, 1.82) is 0 Å². The Morgan fingerprint density at radius 2 is 1.50 bits per heavy atom. The summed E-state index contributed by atoms with van der Waals surface area (Å²) >= 11 is 0. The Hall–Kier alpha value is -3.01. The third-order valence-corrected chi connectivity index (χ3v) is 3.75. The van der Waals surface area contributed by atoms with Crippen LogP contribution in [-0.2, 0) is 0 Å². The maximum absolute atomic E-state index is 5.37. The fourth-order valence-electron chi connectivity index (χ4n) is 2.55. The van der Waals surface area contributed by atoms with Crippen LogP contribution < -0.4 is 14.2 Å². The molecule has 4 nitrogen and oxygen atoms in total. The molecule has 0 aliphatic heterocycles. The molecule has 0 fully saturated rings. The Morgan fingerprint density at radius 1 is 0.792 bits per heavy atom. The van der Waals surface area contributed by atoms with Gasteiger partial charge < -0.3 is 14.2 Å². The summed E-state index contributed by atoms with van der Waals surface area (Å²) in [6, 6.07) is 15.9. The summed E-state index contributed by atoms with van der Waals surface area (Å²) in [6.45, 7) is 0. The molecule has 0 saturated carbocycles. The van der Waals surface area contributed by atoms with E-state index in [4.69, 9.17) is 14.2 Å². The lowest BCUT2D eigenvalue weighted by Gasteiger charge is -2.12. The second kappa shape index (κ2) is 7.04. The summed E-state index contributed by atoms with van der Waals surface area (Å²) in [4.78, 5) is 4.64. The van der Waals surface area contributed by atoms with E-state index in [2.05, 4.69) is 17.1 Å². The van der Waals surface area contributed by atoms with Crippen LogP contribution in [0.25, 0.3) is 23.1 Å². The van der Waals surface area contributed by atoms with E-state index >= 15 is 0 Å². The topological polar surface area (TPSA) is 40.6 Å². The molecule has 3 rings (SSSR count). The van der Waals surface area contributed by atoms with Gasteiger partial charge in [0.1, 0.15) is 0 Å². The molecule has 0 spiro atoms. The quantitative estimate of drug-likeness (QED) is 0.697. The highest BCUT2D eigenvalue weighted by atomic mass is 16.5. The number of para-hydroxylation sites is 1. The maximum Gasteiger partial charge on any atom is 0.203 e. The number of methoxy groups -OCH3 is 3. The molecule has 1 heterocycles. The smallest absolute Gasteiger partial charge is 0.203 e. The Bertz CT molecular complexity index is 862. The van der Waals surface area contributed by atoms with Crippen LogP contribution in [0.5, 0.6) is 17.2 Å². The number of hydrogen-bond acceptors (Lipinski definition) is 4. The predicted octanol–water partition coefficient (Wildman–Crippen LogP) is 4.43. The summed E-state index contributed by atoms with van der Waals surface area (Å²) in [5, 5.41) is 1.13. The number of nitrogens with zero attached hydrogens (tertiary/aromatic N) is 1. The van der Waals surface area contributed by atoms with Gasteiger partial charge in [-0.1, -0.05) is 30.3 Å². The molecule has 4 heteroatoms. The van der Waals surface area contributed by atoms with Crippen LogP contribution in [-0.4, -0.2) is 26.3 Å². The summed E-state index contributed by atoms with van der Waals surface area (Å²) < 4.78 is 16.1. The van der Waals surface area contributed by atoms with Crippen molar-refractivity contribution in [3.8, 4) is 17.2 Å². The van der Waals surface area contributed by atoms with Crippen LogP contribution >= 0.6 is 0 Å². The molecule has 0 unspecified atom stereocenters. The number of ether oxygens (including phenoxy) is 3. The van der Waals surface area contributed by atoms with Crippen molar-refractivity contribution in [2.24, 2.45) is 0 Å². The lowest BCUT2D eigenvalue weighted by molar-refractivity contribution is 0.324. The van der Waals surface area contributed by atoms with Gasteiger partial charge in [-0.05, 0) is 35.9 Å². The molecule has 1 aromatic heterocycles. The Labute approximate surface area is 141 Å². The molecule has 122 valence electrons. The summed E-state index contributed by atoms with van der Waals surface area (Å²) in [7, 11) is 4.81. The lowest BCUT2D eigenvalue weighted by atomic mass is 10.1. The van der Waals surface area contributed by atoms with Crippen molar-refractivity contribution >= 4 is 23.1 Å². The molecule has 0 saturated heterocycles. The van der Waals surface area contributed by atoms with Crippen molar-refractivity contribution in [2.45, 2.75) is 0 Å². The molecule has 0 aliphatic carbocycles. The van der Waals surface area contributed by atoms with E-state index in [1.54, 1.807) is 21.3 Å². The molecule has 0 N–H and O–H groups in total. The third-order valence-electron chi connectivity index (χ3n) is 3.75. The van der Waals surface area contributed by atoms with Crippen LogP contribution in [0.4, 0.5) is 0 Å². The fourth-order valence-corrected chi connectivity index (χ4v) is 2.55. The van der Waals surface area contributed by atoms with Gasteiger partial charge in [0.15, 0.2) is 11.5 Å². The average molecular weight is 321 g/mol. The molecule has 3 aromatic rings. The molecule has 0 radical (unpaired) electrons. The minimum Gasteiger partial charge on any atom is -0.493 e. The van der Waals surface area contributed by atoms with E-state index in [0.717, 1.165) is 22.2 Å². The van der Waals surface area contributed by atoms with Gasteiger partial charge in [-0.15, -0.1) is 0 Å². The number of aromatic nitrogens is 1. The first-order chi connectivity index (χ1) is 11.7. The first-order valence-electron chi connectivity index (χ1n) is 7.59. The second-order valence-corrected chi connectivity index (χ2v) is 5.22. The zero-order chi connectivity index (χ0) is 16.9. The van der Waals surface area contributed by atoms with Crippen LogP contribution in [0, 0.1) is 0 Å². The number of benzene rings is 2. The van der Waals surface area contributed by atoms with Gasteiger partial charge in [0, 0.05) is 5.39 Å². The maximum atomic E-state index is 5.37. The molecule has 0 amide bonds. The first-order valence-corrected chi connectivity index (χ1v) is 7.59. The Balaban J connectivity index is 1.95. The molecule has 0 bridgehead atoms. The van der Waals surface area contributed by atoms with E-state index in [0.29, 0.717) is 17.2 Å². The zero-order valence-electron chi connectivity index (χ0n) is 13.9. The summed E-state index contributed by atoms with van der Waals surface area (Å²) in [5.74, 6) is 1.84. The van der Waals surface area contributed by atoms with E-state index in [1.807, 2.05) is 48.6 Å². The SMILES string of the molecule is COc1cc(C=Cc2ccc3ccccc3n2)cc(OC)c1OC. The van der Waals surface area contributed by atoms with E-state index in [9.17, 15) is 0 Å². The van der Waals surface area contributed by atoms with Gasteiger partial charge in [-0.25, -0.2) is 4.98 Å². The highest BCUT2D eigenvalue weighted by molar-refractivity contribution is 5.81. The zero-order valence-corrected chi connectivity index (χ0v) is 13.9. The Kier molecular flexibility index (Phi) is 4.66. The van der Waals surface area contributed by atoms with Crippen LogP contribution in [0.15, 0.2) is 48.5 Å². The van der Waals surface area contributed by atoms with Gasteiger partial charge in [0.05, 0.1) is 32.5 Å². The van der Waals surface area contributed by atoms with E-state index in [-0.39, 0.29) is 0 Å². The lowest BCUT2D eigenvalue weighted by Crippen LogP contribution is -1.95. The van der Waals surface area contributed by atoms with Gasteiger partial charge in [0.25, 0.3) is 0 Å². The number of fused-ring (bicyclic) bond motifs is 1. The summed E-state index contributed by atoms with van der Waals surface area (Å²) in [5.41, 5.74) is 2.81. The minimum atomic E-state index is 0.584. The minimum absolute atomic E-state index is 0.584. The molecular weight excluding hydrogens is 302 g/mol. The highest BCUT2D eigenvalue weighted by Gasteiger charge is 2.11. The molecule has 2 aromatic carbocycles. The standard InChI is InChI=1S/C20H19NO3/c1-22-18-12-14(13-19(23-2)20(18)24-3)8-10-16-11-9-15-6-4-5-7-17(15)21-16/h4-13H,1-3H3. The van der Waals surface area contributed by atoms with Crippen LogP contribution in [0.1, 0.15) is 11.3 Å². The third kappa shape index (κ3) is 3.18.